The van der Waals surface area contributed by atoms with Gasteiger partial charge < -0.3 is 0 Å². The molecule has 0 amide bonds. The van der Waals surface area contributed by atoms with Crippen molar-refractivity contribution in [2.45, 2.75) is 18.6 Å². The quantitative estimate of drug-likeness (QED) is 0.512. The molecule has 1 unspecified atom stereocenters. The molecule has 48 valence electrons. The summed E-state index contributed by atoms with van der Waals surface area (Å²) < 4.78 is 0. The van der Waals surface area contributed by atoms with Crippen LogP contribution in [0.25, 0.3) is 0 Å². The zero-order valence-corrected chi connectivity index (χ0v) is 6.24. The molecule has 0 radical (unpaired) electrons. The van der Waals surface area contributed by atoms with Gasteiger partial charge in [0.25, 0.3) is 0 Å². The van der Waals surface area contributed by atoms with Crippen LogP contribution in [0.5, 0.6) is 0 Å². The number of nitrogens with zero attached hydrogens (tertiary/aromatic N) is 1. The van der Waals surface area contributed by atoms with Gasteiger partial charge in [0.15, 0.2) is 0 Å². The second-order valence-corrected chi connectivity index (χ2v) is 3.61. The van der Waals surface area contributed by atoms with Gasteiger partial charge in [0, 0.05) is 10.8 Å². The maximum Gasteiger partial charge on any atom is 0.0944 e. The third kappa shape index (κ3) is 1.76. The van der Waals surface area contributed by atoms with Crippen molar-refractivity contribution in [2.75, 3.05) is 5.75 Å². The molecule has 1 atom stereocenters. The van der Waals surface area contributed by atoms with Crippen LogP contribution in [0.3, 0.4) is 0 Å². The van der Waals surface area contributed by atoms with Gasteiger partial charge in [0.1, 0.15) is 0 Å². The predicted octanol–water partition coefficient (Wildman–Crippen LogP) is 1.96. The molecule has 0 aromatic heterocycles. The maximum atomic E-state index is 8.48. The van der Waals surface area contributed by atoms with Gasteiger partial charge in [-0.3, -0.25) is 0 Å². The minimum atomic E-state index is 0.549. The van der Waals surface area contributed by atoms with Gasteiger partial charge in [-0.05, 0) is 19.1 Å². The number of rotatable bonds is 0. The Balaban J connectivity index is 2.62. The highest BCUT2D eigenvalue weighted by atomic mass is 32.2. The first-order chi connectivity index (χ1) is 4.33. The highest BCUT2D eigenvalue weighted by Gasteiger charge is 2.07. The van der Waals surface area contributed by atoms with Gasteiger partial charge in [-0.15, -0.1) is 0 Å². The van der Waals surface area contributed by atoms with Gasteiger partial charge in [0.2, 0.25) is 0 Å². The van der Waals surface area contributed by atoms with Crippen molar-refractivity contribution in [3.8, 4) is 6.07 Å². The molecule has 0 saturated carbocycles. The average molecular weight is 139 g/mol. The fourth-order valence-electron chi connectivity index (χ4n) is 0.863. The molecule has 0 aromatic carbocycles. The molecular weight excluding hydrogens is 130 g/mol. The summed E-state index contributed by atoms with van der Waals surface area (Å²) in [6.45, 7) is 2.13. The summed E-state index contributed by atoms with van der Waals surface area (Å²) in [5, 5.41) is 9.03. The van der Waals surface area contributed by atoms with E-state index in [2.05, 4.69) is 13.0 Å². The van der Waals surface area contributed by atoms with Crippen LogP contribution >= 0.6 is 11.8 Å². The van der Waals surface area contributed by atoms with Crippen molar-refractivity contribution in [2.24, 2.45) is 0 Å². The molecule has 9 heavy (non-hydrogen) atoms. The molecule has 0 aromatic rings. The van der Waals surface area contributed by atoms with E-state index >= 15 is 0 Å². The van der Waals surface area contributed by atoms with Crippen molar-refractivity contribution >= 4 is 11.8 Å². The minimum absolute atomic E-state index is 0.549. The Morgan fingerprint density at radius 1 is 1.89 bits per heavy atom. The third-order valence-corrected chi connectivity index (χ3v) is 2.43. The molecule has 0 fully saturated rings. The lowest BCUT2D eigenvalue weighted by atomic mass is 10.2. The van der Waals surface area contributed by atoms with Crippen LogP contribution < -0.4 is 0 Å². The molecular formula is C7H9NS. The topological polar surface area (TPSA) is 23.8 Å². The molecule has 0 N–H and O–H groups in total. The molecule has 0 bridgehead atoms. The van der Waals surface area contributed by atoms with Crippen LogP contribution in [0, 0.1) is 11.3 Å². The van der Waals surface area contributed by atoms with E-state index in [-0.39, 0.29) is 0 Å². The molecule has 0 spiro atoms. The van der Waals surface area contributed by atoms with Crippen LogP contribution in [0.1, 0.15) is 13.3 Å². The SMILES string of the molecule is CC1C=C(C#N)CCS1. The molecule has 2 heteroatoms. The van der Waals surface area contributed by atoms with E-state index in [1.54, 1.807) is 0 Å². The first kappa shape index (κ1) is 6.70. The number of hydrogen-bond acceptors (Lipinski definition) is 2. The molecule has 0 saturated heterocycles. The van der Waals surface area contributed by atoms with Gasteiger partial charge >= 0.3 is 0 Å². The Hall–Kier alpha value is -0.420. The van der Waals surface area contributed by atoms with Crippen LogP contribution in [0.4, 0.5) is 0 Å². The zero-order chi connectivity index (χ0) is 6.69. The number of thioether (sulfide) groups is 1. The van der Waals surface area contributed by atoms with Gasteiger partial charge in [-0.1, -0.05) is 6.08 Å². The van der Waals surface area contributed by atoms with Crippen LogP contribution in [0.15, 0.2) is 11.6 Å². The molecule has 1 rings (SSSR count). The summed E-state index contributed by atoms with van der Waals surface area (Å²) in [7, 11) is 0. The molecule has 1 aliphatic heterocycles. The van der Waals surface area contributed by atoms with E-state index in [0.717, 1.165) is 17.7 Å². The summed E-state index contributed by atoms with van der Waals surface area (Å²) in [5.74, 6) is 1.11. The number of hydrogen-bond donors (Lipinski definition) is 0. The van der Waals surface area contributed by atoms with Gasteiger partial charge in [0.05, 0.1) is 6.07 Å². The zero-order valence-electron chi connectivity index (χ0n) is 5.42. The van der Waals surface area contributed by atoms with Crippen molar-refractivity contribution < 1.29 is 0 Å². The van der Waals surface area contributed by atoms with E-state index in [0.29, 0.717) is 5.25 Å². The second kappa shape index (κ2) is 2.93. The Labute approximate surface area is 59.7 Å². The van der Waals surface area contributed by atoms with E-state index in [1.165, 1.54) is 0 Å². The Kier molecular flexibility index (Phi) is 2.18. The Bertz CT molecular complexity index is 166. The van der Waals surface area contributed by atoms with E-state index in [4.69, 9.17) is 5.26 Å². The summed E-state index contributed by atoms with van der Waals surface area (Å²) in [6, 6.07) is 2.18. The second-order valence-electron chi connectivity index (χ2n) is 2.13. The van der Waals surface area contributed by atoms with Crippen LogP contribution in [0.2, 0.25) is 0 Å². The highest BCUT2D eigenvalue weighted by molar-refractivity contribution is 8.00. The summed E-state index contributed by atoms with van der Waals surface area (Å²) in [5.41, 5.74) is 0.959. The number of allylic oxidation sites excluding steroid dienone is 1. The standard InChI is InChI=1S/C7H9NS/c1-6-4-7(5-8)2-3-9-6/h4,6H,2-3H2,1H3. The van der Waals surface area contributed by atoms with E-state index in [1.807, 2.05) is 17.8 Å². The third-order valence-electron chi connectivity index (χ3n) is 1.33. The summed E-state index contributed by atoms with van der Waals surface area (Å²) in [6.07, 6.45) is 3.01. The van der Waals surface area contributed by atoms with Crippen molar-refractivity contribution in [3.63, 3.8) is 0 Å². The molecule has 0 aliphatic carbocycles. The largest absolute Gasteiger partial charge is 0.193 e. The monoisotopic (exact) mass is 139 g/mol. The lowest BCUT2D eigenvalue weighted by Crippen LogP contribution is -2.01. The summed E-state index contributed by atoms with van der Waals surface area (Å²) >= 11 is 1.91. The van der Waals surface area contributed by atoms with Crippen LogP contribution in [-0.4, -0.2) is 11.0 Å². The molecule has 1 nitrogen and oxygen atoms in total. The fourth-order valence-corrected chi connectivity index (χ4v) is 1.83. The average Bonchev–Trinajstić information content (AvgIpc) is 1.88. The summed E-state index contributed by atoms with van der Waals surface area (Å²) in [4.78, 5) is 0. The molecule has 1 aliphatic rings. The minimum Gasteiger partial charge on any atom is -0.193 e. The normalized spacial score (nSPS) is 26.7. The van der Waals surface area contributed by atoms with Crippen molar-refractivity contribution in [1.82, 2.24) is 0 Å². The van der Waals surface area contributed by atoms with Gasteiger partial charge in [-0.2, -0.15) is 17.0 Å². The van der Waals surface area contributed by atoms with E-state index in [9.17, 15) is 0 Å². The van der Waals surface area contributed by atoms with E-state index < -0.39 is 0 Å². The first-order valence-corrected chi connectivity index (χ1v) is 4.10. The number of nitriles is 1. The van der Waals surface area contributed by atoms with Gasteiger partial charge in [-0.25, -0.2) is 0 Å². The van der Waals surface area contributed by atoms with Crippen molar-refractivity contribution in [3.05, 3.63) is 11.6 Å². The molecule has 1 heterocycles. The smallest absolute Gasteiger partial charge is 0.0944 e. The van der Waals surface area contributed by atoms with Crippen molar-refractivity contribution in [1.29, 1.82) is 5.26 Å². The fraction of sp³-hybridized carbons (Fsp3) is 0.571. The lowest BCUT2D eigenvalue weighted by Gasteiger charge is -2.11. The first-order valence-electron chi connectivity index (χ1n) is 3.05. The maximum absolute atomic E-state index is 8.48. The Morgan fingerprint density at radius 2 is 2.67 bits per heavy atom. The van der Waals surface area contributed by atoms with Crippen LogP contribution in [-0.2, 0) is 0 Å². The predicted molar refractivity (Wildman–Crippen MR) is 40.2 cm³/mol. The Morgan fingerprint density at radius 3 is 3.11 bits per heavy atom. The highest BCUT2D eigenvalue weighted by Crippen LogP contribution is 2.22. The lowest BCUT2D eigenvalue weighted by molar-refractivity contribution is 1.08.